The van der Waals surface area contributed by atoms with Gasteiger partial charge in [-0.3, -0.25) is 19.3 Å². The third kappa shape index (κ3) is 4.95. The number of anilines is 1. The topological polar surface area (TPSA) is 66.5 Å². The minimum absolute atomic E-state index is 0.301. The van der Waals surface area contributed by atoms with Crippen LogP contribution in [0.25, 0.3) is 6.08 Å². The molecule has 5 nitrogen and oxygen atoms in total. The van der Waals surface area contributed by atoms with Crippen LogP contribution < -0.4 is 5.32 Å². The van der Waals surface area contributed by atoms with Crippen molar-refractivity contribution in [3.8, 4) is 0 Å². The molecule has 3 amide bonds. The Morgan fingerprint density at radius 2 is 1.78 bits per heavy atom. The summed E-state index contributed by atoms with van der Waals surface area (Å²) < 4.78 is 0. The van der Waals surface area contributed by atoms with E-state index >= 15 is 0 Å². The summed E-state index contributed by atoms with van der Waals surface area (Å²) in [6.45, 7) is 1.64. The zero-order valence-electron chi connectivity index (χ0n) is 14.7. The maximum atomic E-state index is 12.4. The van der Waals surface area contributed by atoms with E-state index in [-0.39, 0.29) is 6.54 Å². The molecule has 1 saturated heterocycles. The van der Waals surface area contributed by atoms with Crippen LogP contribution in [-0.2, 0) is 9.59 Å². The van der Waals surface area contributed by atoms with Crippen molar-refractivity contribution in [2.24, 2.45) is 0 Å². The van der Waals surface area contributed by atoms with Crippen molar-refractivity contribution in [2.45, 2.75) is 6.92 Å². The fourth-order valence-electron chi connectivity index (χ4n) is 2.44. The van der Waals surface area contributed by atoms with Crippen LogP contribution in [0.3, 0.4) is 0 Å². The van der Waals surface area contributed by atoms with E-state index in [9.17, 15) is 14.4 Å². The highest BCUT2D eigenvalue weighted by molar-refractivity contribution is 8.18. The van der Waals surface area contributed by atoms with Crippen LogP contribution in [-0.4, -0.2) is 28.5 Å². The first kappa shape index (κ1) is 18.7. The molecule has 0 saturated carbocycles. The molecule has 1 fully saturated rings. The van der Waals surface area contributed by atoms with Gasteiger partial charge in [0.2, 0.25) is 5.91 Å². The van der Waals surface area contributed by atoms with Crippen LogP contribution in [0.15, 0.2) is 71.7 Å². The molecule has 0 aliphatic carbocycles. The van der Waals surface area contributed by atoms with Crippen LogP contribution in [0.1, 0.15) is 11.1 Å². The maximum Gasteiger partial charge on any atom is 0.294 e. The van der Waals surface area contributed by atoms with E-state index in [1.54, 1.807) is 24.3 Å². The summed E-state index contributed by atoms with van der Waals surface area (Å²) in [7, 11) is 0. The quantitative estimate of drug-likeness (QED) is 0.791. The second-order valence-electron chi connectivity index (χ2n) is 5.97. The van der Waals surface area contributed by atoms with Gasteiger partial charge >= 0.3 is 0 Å². The standard InChI is InChI=1S/C21H18N2O3S/c1-15-10-12-17(13-11-15)22-19(24)14-23-20(25)18(27-21(23)26)9-5-8-16-6-3-2-4-7-16/h2-13H,14H2,1H3,(H,22,24)/b8-5+,18-9+. The largest absolute Gasteiger partial charge is 0.325 e. The molecule has 2 aromatic carbocycles. The molecule has 0 spiro atoms. The number of carbonyl (C=O) groups excluding carboxylic acids is 3. The molecule has 3 rings (SSSR count). The lowest BCUT2D eigenvalue weighted by Crippen LogP contribution is -2.36. The highest BCUT2D eigenvalue weighted by atomic mass is 32.2. The minimum Gasteiger partial charge on any atom is -0.325 e. The molecule has 136 valence electrons. The van der Waals surface area contributed by atoms with E-state index in [1.807, 2.05) is 55.5 Å². The van der Waals surface area contributed by atoms with Crippen molar-refractivity contribution in [1.82, 2.24) is 4.90 Å². The molecule has 6 heteroatoms. The zero-order chi connectivity index (χ0) is 19.2. The van der Waals surface area contributed by atoms with Gasteiger partial charge in [0.1, 0.15) is 6.54 Å². The third-order valence-corrected chi connectivity index (χ3v) is 4.77. The molecule has 1 N–H and O–H groups in total. The smallest absolute Gasteiger partial charge is 0.294 e. The number of benzene rings is 2. The second-order valence-corrected chi connectivity index (χ2v) is 6.97. The first-order valence-electron chi connectivity index (χ1n) is 8.36. The molecule has 0 aromatic heterocycles. The Hall–Kier alpha value is -3.12. The van der Waals surface area contributed by atoms with Crippen LogP contribution in [0.4, 0.5) is 10.5 Å². The molecule has 27 heavy (non-hydrogen) atoms. The van der Waals surface area contributed by atoms with E-state index in [4.69, 9.17) is 0 Å². The van der Waals surface area contributed by atoms with Gasteiger partial charge in [-0.1, -0.05) is 60.2 Å². The van der Waals surface area contributed by atoms with Crippen LogP contribution in [0.2, 0.25) is 0 Å². The monoisotopic (exact) mass is 378 g/mol. The molecule has 0 radical (unpaired) electrons. The molecular weight excluding hydrogens is 360 g/mol. The van der Waals surface area contributed by atoms with E-state index in [2.05, 4.69) is 5.32 Å². The minimum atomic E-state index is -0.457. The molecule has 0 atom stereocenters. The lowest BCUT2D eigenvalue weighted by Gasteiger charge is -2.12. The predicted molar refractivity (Wildman–Crippen MR) is 108 cm³/mol. The molecule has 0 unspecified atom stereocenters. The van der Waals surface area contributed by atoms with Gasteiger partial charge in [-0.2, -0.15) is 0 Å². The Labute approximate surface area is 161 Å². The number of carbonyl (C=O) groups is 3. The van der Waals surface area contributed by atoms with Crippen molar-refractivity contribution >= 4 is 40.6 Å². The van der Waals surface area contributed by atoms with Gasteiger partial charge in [0, 0.05) is 5.69 Å². The molecule has 1 aliphatic heterocycles. The number of hydrogen-bond acceptors (Lipinski definition) is 4. The van der Waals surface area contributed by atoms with E-state index in [1.165, 1.54) is 0 Å². The average Bonchev–Trinajstić information content (AvgIpc) is 2.92. The van der Waals surface area contributed by atoms with Crippen LogP contribution >= 0.6 is 11.8 Å². The van der Waals surface area contributed by atoms with Crippen molar-refractivity contribution in [2.75, 3.05) is 11.9 Å². The Morgan fingerprint density at radius 1 is 1.07 bits per heavy atom. The number of nitrogens with zero attached hydrogens (tertiary/aromatic N) is 1. The number of imide groups is 1. The number of nitrogens with one attached hydrogen (secondary N) is 1. The van der Waals surface area contributed by atoms with Gasteiger partial charge in [0.25, 0.3) is 11.1 Å². The fraction of sp³-hybridized carbons (Fsp3) is 0.0952. The number of amides is 3. The summed E-state index contributed by atoms with van der Waals surface area (Å²) >= 11 is 0.834. The molecule has 2 aromatic rings. The van der Waals surface area contributed by atoms with Crippen LogP contribution in [0.5, 0.6) is 0 Å². The number of hydrogen-bond donors (Lipinski definition) is 1. The highest BCUT2D eigenvalue weighted by Gasteiger charge is 2.35. The Bertz CT molecular complexity index is 918. The number of rotatable bonds is 5. The average molecular weight is 378 g/mol. The summed E-state index contributed by atoms with van der Waals surface area (Å²) in [5.41, 5.74) is 2.69. The Kier molecular flexibility index (Phi) is 5.88. The number of aryl methyl sites for hydroxylation is 1. The number of allylic oxidation sites excluding steroid dienone is 2. The van der Waals surface area contributed by atoms with Crippen molar-refractivity contribution in [3.63, 3.8) is 0 Å². The molecular formula is C21H18N2O3S. The normalized spacial score (nSPS) is 15.7. The lowest BCUT2D eigenvalue weighted by molar-refractivity contribution is -0.127. The summed E-state index contributed by atoms with van der Waals surface area (Å²) in [4.78, 5) is 37.9. The van der Waals surface area contributed by atoms with Gasteiger partial charge in [-0.15, -0.1) is 0 Å². The lowest BCUT2D eigenvalue weighted by atomic mass is 10.2. The highest BCUT2D eigenvalue weighted by Crippen LogP contribution is 2.30. The van der Waals surface area contributed by atoms with Crippen molar-refractivity contribution < 1.29 is 14.4 Å². The molecule has 0 bridgehead atoms. The molecule has 1 heterocycles. The summed E-state index contributed by atoms with van der Waals surface area (Å²) in [6.07, 6.45) is 5.16. The molecule has 1 aliphatic rings. The first-order chi connectivity index (χ1) is 13.0. The Morgan fingerprint density at radius 3 is 2.48 bits per heavy atom. The SMILES string of the molecule is Cc1ccc(NC(=O)CN2C(=O)S/C(=C/C=C/c3ccccc3)C2=O)cc1. The first-order valence-corrected chi connectivity index (χ1v) is 9.18. The van der Waals surface area contributed by atoms with Crippen LogP contribution in [0, 0.1) is 6.92 Å². The Balaban J connectivity index is 1.61. The third-order valence-electron chi connectivity index (χ3n) is 3.85. The maximum absolute atomic E-state index is 12.4. The van der Waals surface area contributed by atoms with Gasteiger partial charge in [0.15, 0.2) is 0 Å². The van der Waals surface area contributed by atoms with Crippen molar-refractivity contribution in [3.05, 3.63) is 82.8 Å². The van der Waals surface area contributed by atoms with Gasteiger partial charge in [-0.05, 0) is 42.5 Å². The number of thioether (sulfide) groups is 1. The fourth-order valence-corrected chi connectivity index (χ4v) is 3.23. The summed E-state index contributed by atoms with van der Waals surface area (Å²) in [6, 6.07) is 16.9. The zero-order valence-corrected chi connectivity index (χ0v) is 15.5. The van der Waals surface area contributed by atoms with E-state index in [0.717, 1.165) is 27.8 Å². The predicted octanol–water partition coefficient (Wildman–Crippen LogP) is 4.23. The van der Waals surface area contributed by atoms with Gasteiger partial charge in [-0.25, -0.2) is 0 Å². The van der Waals surface area contributed by atoms with E-state index < -0.39 is 17.1 Å². The van der Waals surface area contributed by atoms with Gasteiger partial charge < -0.3 is 5.32 Å². The van der Waals surface area contributed by atoms with Gasteiger partial charge in [0.05, 0.1) is 4.91 Å². The van der Waals surface area contributed by atoms with Crippen molar-refractivity contribution in [1.29, 1.82) is 0 Å². The summed E-state index contributed by atoms with van der Waals surface area (Å²) in [5, 5.41) is 2.24. The second kappa shape index (κ2) is 8.51. The van der Waals surface area contributed by atoms with E-state index in [0.29, 0.717) is 10.6 Å². The summed E-state index contributed by atoms with van der Waals surface area (Å²) in [5.74, 6) is -0.871.